The van der Waals surface area contributed by atoms with Crippen LogP contribution in [0.2, 0.25) is 0 Å². The number of H-pyrrole nitrogens is 1. The number of hydrogen-bond acceptors (Lipinski definition) is 3. The Bertz CT molecular complexity index is 637. The molecule has 86 valence electrons. The van der Waals surface area contributed by atoms with E-state index in [4.69, 9.17) is 0 Å². The number of nitro benzene ring substituents is 1. The zero-order valence-electron chi connectivity index (χ0n) is 8.51. The average molecular weight is 234 g/mol. The molecule has 0 bridgehead atoms. The van der Waals surface area contributed by atoms with Gasteiger partial charge in [0.05, 0.1) is 10.5 Å². The molecule has 2 rings (SSSR count). The molecule has 17 heavy (non-hydrogen) atoms. The molecule has 0 saturated heterocycles. The van der Waals surface area contributed by atoms with Crippen molar-refractivity contribution in [3.05, 3.63) is 62.8 Å². The molecule has 5 nitrogen and oxygen atoms in total. The molecule has 0 radical (unpaired) electrons. The third kappa shape index (κ3) is 1.92. The molecule has 1 N–H and O–H groups in total. The lowest BCUT2D eigenvalue weighted by Gasteiger charge is -2.02. The summed E-state index contributed by atoms with van der Waals surface area (Å²) in [6.07, 6.45) is 1.40. The van der Waals surface area contributed by atoms with Crippen molar-refractivity contribution in [2.24, 2.45) is 0 Å². The van der Waals surface area contributed by atoms with E-state index in [2.05, 4.69) is 4.98 Å². The van der Waals surface area contributed by atoms with Crippen molar-refractivity contribution in [3.63, 3.8) is 0 Å². The Morgan fingerprint density at radius 1 is 1.18 bits per heavy atom. The smallest absolute Gasteiger partial charge is 0.305 e. The average Bonchev–Trinajstić information content (AvgIpc) is 2.30. The zero-order chi connectivity index (χ0) is 12.4. The first-order chi connectivity index (χ1) is 8.11. The van der Waals surface area contributed by atoms with E-state index in [-0.39, 0.29) is 11.1 Å². The van der Waals surface area contributed by atoms with Crippen LogP contribution in [0.3, 0.4) is 0 Å². The third-order valence-electron chi connectivity index (χ3n) is 2.28. The lowest BCUT2D eigenvalue weighted by atomic mass is 10.1. The number of halogens is 1. The SMILES string of the molecule is O=c1[nH]cccc1-c1cccc([N+](=O)[O-])c1F. The van der Waals surface area contributed by atoms with Gasteiger partial charge < -0.3 is 4.98 Å². The van der Waals surface area contributed by atoms with Gasteiger partial charge in [-0.1, -0.05) is 12.1 Å². The van der Waals surface area contributed by atoms with E-state index in [1.807, 2.05) is 0 Å². The van der Waals surface area contributed by atoms with Crippen LogP contribution in [-0.4, -0.2) is 9.91 Å². The lowest BCUT2D eigenvalue weighted by Crippen LogP contribution is -2.08. The molecular weight excluding hydrogens is 227 g/mol. The maximum atomic E-state index is 13.8. The Morgan fingerprint density at radius 2 is 1.88 bits per heavy atom. The number of pyridine rings is 1. The predicted molar refractivity (Wildman–Crippen MR) is 59.1 cm³/mol. The molecule has 0 aliphatic heterocycles. The fourth-order valence-corrected chi connectivity index (χ4v) is 1.50. The van der Waals surface area contributed by atoms with Gasteiger partial charge in [-0.05, 0) is 12.1 Å². The summed E-state index contributed by atoms with van der Waals surface area (Å²) in [6.45, 7) is 0. The summed E-state index contributed by atoms with van der Waals surface area (Å²) < 4.78 is 13.8. The first-order valence-electron chi connectivity index (χ1n) is 4.72. The fourth-order valence-electron chi connectivity index (χ4n) is 1.50. The molecule has 0 saturated carbocycles. The number of hydrogen-bond donors (Lipinski definition) is 1. The van der Waals surface area contributed by atoms with Crippen LogP contribution < -0.4 is 5.56 Å². The van der Waals surface area contributed by atoms with Crippen LogP contribution in [0.1, 0.15) is 0 Å². The summed E-state index contributed by atoms with van der Waals surface area (Å²) in [7, 11) is 0. The molecule has 0 spiro atoms. The molecule has 1 heterocycles. The molecule has 1 aromatic carbocycles. The first-order valence-corrected chi connectivity index (χ1v) is 4.72. The highest BCUT2D eigenvalue weighted by Gasteiger charge is 2.19. The van der Waals surface area contributed by atoms with Crippen molar-refractivity contribution in [2.45, 2.75) is 0 Å². The number of rotatable bonds is 2. The van der Waals surface area contributed by atoms with Crippen molar-refractivity contribution < 1.29 is 9.31 Å². The summed E-state index contributed by atoms with van der Waals surface area (Å²) in [4.78, 5) is 23.6. The predicted octanol–water partition coefficient (Wildman–Crippen LogP) is 2.09. The Kier molecular flexibility index (Phi) is 2.70. The van der Waals surface area contributed by atoms with Gasteiger partial charge in [0.2, 0.25) is 5.82 Å². The lowest BCUT2D eigenvalue weighted by molar-refractivity contribution is -0.387. The number of nitro groups is 1. The Hall–Kier alpha value is -2.50. The summed E-state index contributed by atoms with van der Waals surface area (Å²) in [5.74, 6) is -1.01. The van der Waals surface area contributed by atoms with Crippen molar-refractivity contribution in [1.29, 1.82) is 0 Å². The van der Waals surface area contributed by atoms with Crippen LogP contribution in [0.5, 0.6) is 0 Å². The largest absolute Gasteiger partial charge is 0.329 e. The van der Waals surface area contributed by atoms with Crippen molar-refractivity contribution >= 4 is 5.69 Å². The molecule has 1 aromatic heterocycles. The minimum absolute atomic E-state index is 0.0636. The molecule has 0 atom stereocenters. The van der Waals surface area contributed by atoms with Crippen molar-refractivity contribution in [1.82, 2.24) is 4.98 Å². The topological polar surface area (TPSA) is 76.0 Å². The highest BCUT2D eigenvalue weighted by Crippen LogP contribution is 2.26. The van der Waals surface area contributed by atoms with Gasteiger partial charge in [-0.15, -0.1) is 0 Å². The van der Waals surface area contributed by atoms with Crippen molar-refractivity contribution in [3.8, 4) is 11.1 Å². The highest BCUT2D eigenvalue weighted by molar-refractivity contribution is 5.66. The van der Waals surface area contributed by atoms with Crippen LogP contribution in [0.15, 0.2) is 41.3 Å². The number of nitrogens with one attached hydrogen (secondary N) is 1. The Labute approximate surface area is 94.7 Å². The van der Waals surface area contributed by atoms with E-state index in [1.165, 1.54) is 30.5 Å². The molecule has 0 aliphatic carbocycles. The fraction of sp³-hybridized carbons (Fsp3) is 0. The second-order valence-corrected chi connectivity index (χ2v) is 3.31. The third-order valence-corrected chi connectivity index (χ3v) is 2.28. The molecule has 6 heteroatoms. The van der Waals surface area contributed by atoms with E-state index in [1.54, 1.807) is 0 Å². The van der Waals surface area contributed by atoms with E-state index in [0.29, 0.717) is 0 Å². The van der Waals surface area contributed by atoms with Gasteiger partial charge in [-0.3, -0.25) is 14.9 Å². The van der Waals surface area contributed by atoms with E-state index in [9.17, 15) is 19.3 Å². The highest BCUT2D eigenvalue weighted by atomic mass is 19.1. The summed E-state index contributed by atoms with van der Waals surface area (Å²) in [5, 5.41) is 10.6. The van der Waals surface area contributed by atoms with Gasteiger partial charge in [0.25, 0.3) is 5.56 Å². The van der Waals surface area contributed by atoms with Crippen LogP contribution >= 0.6 is 0 Å². The summed E-state index contributed by atoms with van der Waals surface area (Å²) >= 11 is 0. The monoisotopic (exact) mass is 234 g/mol. The molecule has 2 aromatic rings. The van der Waals surface area contributed by atoms with Gasteiger partial charge in [-0.25, -0.2) is 0 Å². The Balaban J connectivity index is 2.70. The van der Waals surface area contributed by atoms with E-state index >= 15 is 0 Å². The first kappa shape index (κ1) is 11.0. The van der Waals surface area contributed by atoms with E-state index < -0.39 is 22.0 Å². The second-order valence-electron chi connectivity index (χ2n) is 3.31. The standard InChI is InChI=1S/C11H7FN2O3/c12-10-7(3-1-5-9(10)14(16)17)8-4-2-6-13-11(8)15/h1-6H,(H,13,15). The maximum absolute atomic E-state index is 13.8. The van der Waals surface area contributed by atoms with Crippen LogP contribution in [0, 0.1) is 15.9 Å². The van der Waals surface area contributed by atoms with Gasteiger partial charge in [0.1, 0.15) is 0 Å². The van der Waals surface area contributed by atoms with Gasteiger partial charge >= 0.3 is 5.69 Å². The summed E-state index contributed by atoms with van der Waals surface area (Å²) in [6, 6.07) is 6.64. The number of benzene rings is 1. The van der Waals surface area contributed by atoms with Gasteiger partial charge in [0, 0.05) is 17.8 Å². The molecule has 0 aliphatic rings. The van der Waals surface area contributed by atoms with E-state index in [0.717, 1.165) is 6.07 Å². The Morgan fingerprint density at radius 3 is 2.53 bits per heavy atom. The van der Waals surface area contributed by atoms with Crippen LogP contribution in [0.25, 0.3) is 11.1 Å². The molecule has 0 amide bonds. The number of aromatic amines is 1. The van der Waals surface area contributed by atoms with Crippen LogP contribution in [-0.2, 0) is 0 Å². The quantitative estimate of drug-likeness (QED) is 0.638. The molecule has 0 unspecified atom stereocenters. The molecule has 0 fully saturated rings. The maximum Gasteiger partial charge on any atom is 0.305 e. The number of aromatic nitrogens is 1. The normalized spacial score (nSPS) is 10.2. The van der Waals surface area contributed by atoms with Crippen LogP contribution in [0.4, 0.5) is 10.1 Å². The van der Waals surface area contributed by atoms with Gasteiger partial charge in [-0.2, -0.15) is 4.39 Å². The zero-order valence-corrected chi connectivity index (χ0v) is 8.51. The summed E-state index contributed by atoms with van der Waals surface area (Å²) in [5.41, 5.74) is -1.16. The van der Waals surface area contributed by atoms with Gasteiger partial charge in [0.15, 0.2) is 0 Å². The minimum atomic E-state index is -1.01. The number of nitrogens with zero attached hydrogens (tertiary/aromatic N) is 1. The second kappa shape index (κ2) is 4.17. The minimum Gasteiger partial charge on any atom is -0.329 e. The van der Waals surface area contributed by atoms with Crippen molar-refractivity contribution in [2.75, 3.05) is 0 Å². The molecular formula is C11H7FN2O3.